The van der Waals surface area contributed by atoms with Crippen molar-refractivity contribution in [3.63, 3.8) is 0 Å². The number of nitrogens with zero attached hydrogens (tertiary/aromatic N) is 3. The highest BCUT2D eigenvalue weighted by Gasteiger charge is 2.23. The molecule has 33 heavy (non-hydrogen) atoms. The van der Waals surface area contributed by atoms with Crippen LogP contribution in [0.3, 0.4) is 0 Å². The van der Waals surface area contributed by atoms with Gasteiger partial charge in [-0.2, -0.15) is 0 Å². The van der Waals surface area contributed by atoms with E-state index in [1.54, 1.807) is 63.4 Å². The van der Waals surface area contributed by atoms with Crippen molar-refractivity contribution in [2.75, 3.05) is 13.7 Å². The molecule has 0 aliphatic rings. The molecule has 3 rings (SSSR count). The van der Waals surface area contributed by atoms with Crippen LogP contribution in [0, 0.1) is 5.82 Å². The van der Waals surface area contributed by atoms with E-state index in [1.807, 2.05) is 0 Å². The third kappa shape index (κ3) is 6.22. The summed E-state index contributed by atoms with van der Waals surface area (Å²) in [6, 6.07) is 12.6. The van der Waals surface area contributed by atoms with Crippen molar-refractivity contribution >= 4 is 23.7 Å². The van der Waals surface area contributed by atoms with Gasteiger partial charge in [-0.05, 0) is 50.2 Å². The maximum absolute atomic E-state index is 14.6. The van der Waals surface area contributed by atoms with Crippen molar-refractivity contribution in [2.24, 2.45) is 0 Å². The second-order valence-corrected chi connectivity index (χ2v) is 8.07. The predicted octanol–water partition coefficient (Wildman–Crippen LogP) is 3.32. The number of methoxy groups -OCH3 is 1. The topological polar surface area (TPSA) is 107 Å². The van der Waals surface area contributed by atoms with Crippen molar-refractivity contribution in [1.29, 1.82) is 0 Å². The van der Waals surface area contributed by atoms with Crippen LogP contribution < -0.4 is 20.1 Å². The zero-order valence-corrected chi connectivity index (χ0v) is 19.2. The minimum atomic E-state index is -0.697. The normalized spacial score (nSPS) is 11.5. The lowest BCUT2D eigenvalue weighted by Crippen LogP contribution is -2.42. The zero-order valence-electron chi connectivity index (χ0n) is 18.4. The Bertz CT molecular complexity index is 1110. The molecule has 11 heteroatoms. The summed E-state index contributed by atoms with van der Waals surface area (Å²) in [4.78, 5) is 24.0. The highest BCUT2D eigenvalue weighted by Crippen LogP contribution is 2.28. The number of carbonyl (C=O) groups is 2. The monoisotopic (exact) mass is 473 g/mol. The molecule has 1 atom stereocenters. The molecule has 0 fully saturated rings. The van der Waals surface area contributed by atoms with E-state index in [-0.39, 0.29) is 17.5 Å². The Hall–Kier alpha value is -3.60. The number of imide groups is 1. The smallest absolute Gasteiger partial charge is 0.321 e. The fourth-order valence-electron chi connectivity index (χ4n) is 2.79. The molecule has 0 aliphatic carbocycles. The molecule has 0 saturated carbocycles. The first-order valence-electron chi connectivity index (χ1n) is 10.1. The van der Waals surface area contributed by atoms with E-state index in [9.17, 15) is 14.0 Å². The first kappa shape index (κ1) is 24.1. The minimum absolute atomic E-state index is 0.00765. The zero-order chi connectivity index (χ0) is 23.8. The Balaban J connectivity index is 1.83. The fourth-order valence-corrected chi connectivity index (χ4v) is 3.67. The molecule has 9 nitrogen and oxygen atoms in total. The molecule has 0 spiro atoms. The van der Waals surface area contributed by atoms with E-state index >= 15 is 0 Å². The summed E-state index contributed by atoms with van der Waals surface area (Å²) in [5, 5.41) is 12.6. The van der Waals surface area contributed by atoms with Gasteiger partial charge >= 0.3 is 6.03 Å². The van der Waals surface area contributed by atoms with Crippen LogP contribution in [0.15, 0.2) is 53.7 Å². The van der Waals surface area contributed by atoms with Gasteiger partial charge in [-0.25, -0.2) is 9.18 Å². The number of nitrogens with one attached hydrogen (secondary N) is 2. The Morgan fingerprint density at radius 3 is 2.48 bits per heavy atom. The average molecular weight is 474 g/mol. The van der Waals surface area contributed by atoms with Crippen LogP contribution in [0.1, 0.15) is 19.7 Å². The van der Waals surface area contributed by atoms with Crippen LogP contribution in [0.25, 0.3) is 5.69 Å². The molecule has 3 amide bonds. The molecule has 1 heterocycles. The maximum atomic E-state index is 14.6. The van der Waals surface area contributed by atoms with Gasteiger partial charge in [0, 0.05) is 6.54 Å². The fraction of sp³-hybridized carbons (Fsp3) is 0.273. The number of amides is 3. The molecular weight excluding hydrogens is 449 g/mol. The number of carbonyl (C=O) groups excluding carboxylic acids is 2. The summed E-state index contributed by atoms with van der Waals surface area (Å²) in [6.07, 6.45) is 0. The third-order valence-electron chi connectivity index (χ3n) is 4.45. The first-order chi connectivity index (χ1) is 15.9. The van der Waals surface area contributed by atoms with Crippen LogP contribution in [-0.4, -0.2) is 45.6 Å². The van der Waals surface area contributed by atoms with E-state index in [4.69, 9.17) is 9.47 Å². The number of para-hydroxylation sites is 1. The van der Waals surface area contributed by atoms with E-state index in [2.05, 4.69) is 20.8 Å². The second-order valence-electron chi connectivity index (χ2n) is 6.76. The summed E-state index contributed by atoms with van der Waals surface area (Å²) in [7, 11) is 1.57. The molecule has 0 saturated heterocycles. The minimum Gasteiger partial charge on any atom is -0.497 e. The molecule has 174 valence electrons. The van der Waals surface area contributed by atoms with Gasteiger partial charge in [-0.15, -0.1) is 10.2 Å². The Morgan fingerprint density at radius 1 is 1.12 bits per heavy atom. The predicted molar refractivity (Wildman–Crippen MR) is 121 cm³/mol. The number of benzene rings is 2. The van der Waals surface area contributed by atoms with E-state index in [0.29, 0.717) is 23.9 Å². The number of urea groups is 1. The quantitative estimate of drug-likeness (QED) is 0.459. The van der Waals surface area contributed by atoms with E-state index in [1.165, 1.54) is 10.6 Å². The molecule has 1 aromatic heterocycles. The Morgan fingerprint density at radius 2 is 1.82 bits per heavy atom. The highest BCUT2D eigenvalue weighted by atomic mass is 32.2. The molecule has 2 aromatic carbocycles. The average Bonchev–Trinajstić information content (AvgIpc) is 3.20. The molecule has 0 unspecified atom stereocenters. The van der Waals surface area contributed by atoms with Crippen LogP contribution >= 0.6 is 11.8 Å². The van der Waals surface area contributed by atoms with Crippen molar-refractivity contribution in [3.05, 3.63) is 60.2 Å². The molecule has 0 bridgehead atoms. The molecular formula is C22H24FN5O4S. The number of rotatable bonds is 9. The van der Waals surface area contributed by atoms with Gasteiger partial charge in [0.15, 0.2) is 11.0 Å². The standard InChI is InChI=1S/C22H24FN5O4S/c1-4-24-21(30)25-20(29)14(2)33-22-27-26-19(28(22)18-8-6-5-7-17(18)23)13-32-16-11-9-15(31-3)10-12-16/h5-12,14H,4,13H2,1-3H3,(H2,24,25,29,30)/t14-/m1/s1. The van der Waals surface area contributed by atoms with Gasteiger partial charge in [-0.1, -0.05) is 23.9 Å². The number of halogens is 1. The second kappa shape index (κ2) is 11.3. The van der Waals surface area contributed by atoms with Crippen molar-refractivity contribution in [3.8, 4) is 17.2 Å². The van der Waals surface area contributed by atoms with E-state index in [0.717, 1.165) is 11.8 Å². The SMILES string of the molecule is CCNC(=O)NC(=O)[C@@H](C)Sc1nnc(COc2ccc(OC)cc2)n1-c1ccccc1F. The van der Waals surface area contributed by atoms with Crippen LogP contribution in [-0.2, 0) is 11.4 Å². The number of hydrogen-bond donors (Lipinski definition) is 2. The largest absolute Gasteiger partial charge is 0.497 e. The van der Waals surface area contributed by atoms with Crippen LogP contribution in [0.5, 0.6) is 11.5 Å². The lowest BCUT2D eigenvalue weighted by molar-refractivity contribution is -0.119. The summed E-state index contributed by atoms with van der Waals surface area (Å²) in [6.45, 7) is 3.76. The summed E-state index contributed by atoms with van der Waals surface area (Å²) in [5.74, 6) is 0.613. The Labute approximate surface area is 194 Å². The molecule has 0 aliphatic heterocycles. The maximum Gasteiger partial charge on any atom is 0.321 e. The molecule has 0 radical (unpaired) electrons. The van der Waals surface area contributed by atoms with Crippen molar-refractivity contribution < 1.29 is 23.5 Å². The van der Waals surface area contributed by atoms with Crippen LogP contribution in [0.2, 0.25) is 0 Å². The summed E-state index contributed by atoms with van der Waals surface area (Å²) >= 11 is 1.05. The van der Waals surface area contributed by atoms with Gasteiger partial charge in [-0.3, -0.25) is 14.7 Å². The molecule has 2 N–H and O–H groups in total. The van der Waals surface area contributed by atoms with E-state index < -0.39 is 23.0 Å². The van der Waals surface area contributed by atoms with Gasteiger partial charge in [0.1, 0.15) is 23.9 Å². The van der Waals surface area contributed by atoms with Crippen LogP contribution in [0.4, 0.5) is 9.18 Å². The highest BCUT2D eigenvalue weighted by molar-refractivity contribution is 8.00. The summed E-state index contributed by atoms with van der Waals surface area (Å²) in [5.41, 5.74) is 0.217. The number of aromatic nitrogens is 3. The lowest BCUT2D eigenvalue weighted by atomic mass is 10.3. The van der Waals surface area contributed by atoms with Crippen molar-refractivity contribution in [1.82, 2.24) is 25.4 Å². The summed E-state index contributed by atoms with van der Waals surface area (Å²) < 4.78 is 27.1. The molecule has 3 aromatic rings. The lowest BCUT2D eigenvalue weighted by Gasteiger charge is -2.14. The van der Waals surface area contributed by atoms with Gasteiger partial charge in [0.25, 0.3) is 0 Å². The number of thioether (sulfide) groups is 1. The van der Waals surface area contributed by atoms with Gasteiger partial charge in [0.2, 0.25) is 5.91 Å². The van der Waals surface area contributed by atoms with Gasteiger partial charge in [0.05, 0.1) is 18.0 Å². The van der Waals surface area contributed by atoms with Gasteiger partial charge < -0.3 is 14.8 Å². The first-order valence-corrected chi connectivity index (χ1v) is 11.0. The third-order valence-corrected chi connectivity index (χ3v) is 5.49. The number of ether oxygens (including phenoxy) is 2. The number of hydrogen-bond acceptors (Lipinski definition) is 7. The Kier molecular flexibility index (Phi) is 8.25. The van der Waals surface area contributed by atoms with Crippen molar-refractivity contribution in [2.45, 2.75) is 30.9 Å².